The third-order valence-corrected chi connectivity index (χ3v) is 1.72. The summed E-state index contributed by atoms with van der Waals surface area (Å²) >= 11 is 0. The average Bonchev–Trinajstić information content (AvgIpc) is 2.02. The highest BCUT2D eigenvalue weighted by Gasteiger charge is 2.00. The molecule has 1 aliphatic heterocycles. The van der Waals surface area contributed by atoms with Gasteiger partial charge in [-0.25, -0.2) is 0 Å². The predicted molar refractivity (Wildman–Crippen MR) is 43.2 cm³/mol. The van der Waals surface area contributed by atoms with Gasteiger partial charge in [-0.1, -0.05) is 0 Å². The molecule has 0 saturated carbocycles. The fourth-order valence-electron chi connectivity index (χ4n) is 1.10. The summed E-state index contributed by atoms with van der Waals surface area (Å²) in [5.41, 5.74) is 0. The van der Waals surface area contributed by atoms with E-state index in [4.69, 9.17) is 0 Å². The summed E-state index contributed by atoms with van der Waals surface area (Å²) < 4.78 is 0. The largest absolute Gasteiger partial charge is 0.314 e. The Morgan fingerprint density at radius 2 is 1.70 bits per heavy atom. The molecule has 1 rings (SSSR count). The van der Waals surface area contributed by atoms with E-state index in [1.54, 1.807) is 0 Å². The molecule has 1 atom stereocenters. The van der Waals surface area contributed by atoms with Gasteiger partial charge < -0.3 is 16.0 Å². The Kier molecular flexibility index (Phi) is 3.72. The maximum atomic E-state index is 3.40. The molecule has 1 unspecified atom stereocenters. The Labute approximate surface area is 62.6 Å². The van der Waals surface area contributed by atoms with Gasteiger partial charge in [-0.2, -0.15) is 0 Å². The molecule has 0 radical (unpaired) electrons. The van der Waals surface area contributed by atoms with Gasteiger partial charge in [-0.3, -0.25) is 0 Å². The highest BCUT2D eigenvalue weighted by Crippen LogP contribution is 1.78. The summed E-state index contributed by atoms with van der Waals surface area (Å²) in [6.07, 6.45) is 0. The lowest BCUT2D eigenvalue weighted by Crippen LogP contribution is -2.36. The SMILES string of the molecule is CC1CNCCNCCN1. The first-order valence-corrected chi connectivity index (χ1v) is 4.04. The smallest absolute Gasteiger partial charge is 0.0164 e. The van der Waals surface area contributed by atoms with Crippen LogP contribution in [-0.4, -0.2) is 38.8 Å². The van der Waals surface area contributed by atoms with Crippen molar-refractivity contribution >= 4 is 0 Å². The van der Waals surface area contributed by atoms with E-state index in [2.05, 4.69) is 22.9 Å². The number of hydrogen-bond acceptors (Lipinski definition) is 3. The summed E-state index contributed by atoms with van der Waals surface area (Å²) in [6, 6.07) is 0.611. The highest BCUT2D eigenvalue weighted by atomic mass is 15.0. The molecule has 1 fully saturated rings. The topological polar surface area (TPSA) is 36.1 Å². The van der Waals surface area contributed by atoms with Crippen LogP contribution in [-0.2, 0) is 0 Å². The van der Waals surface area contributed by atoms with Gasteiger partial charge in [0, 0.05) is 38.8 Å². The van der Waals surface area contributed by atoms with Gasteiger partial charge in [0.1, 0.15) is 0 Å². The Hall–Kier alpha value is -0.120. The fourth-order valence-corrected chi connectivity index (χ4v) is 1.10. The first kappa shape index (κ1) is 7.98. The zero-order valence-corrected chi connectivity index (χ0v) is 6.61. The molecule has 0 aromatic heterocycles. The minimum absolute atomic E-state index is 0.611. The van der Waals surface area contributed by atoms with Crippen LogP contribution in [0, 0.1) is 0 Å². The first-order valence-electron chi connectivity index (χ1n) is 4.04. The second-order valence-electron chi connectivity index (χ2n) is 2.81. The summed E-state index contributed by atoms with van der Waals surface area (Å²) in [5.74, 6) is 0. The van der Waals surface area contributed by atoms with Crippen LogP contribution in [0.5, 0.6) is 0 Å². The quantitative estimate of drug-likeness (QED) is 0.414. The van der Waals surface area contributed by atoms with E-state index in [1.165, 1.54) is 0 Å². The zero-order valence-electron chi connectivity index (χ0n) is 6.61. The molecule has 0 spiro atoms. The molecular weight excluding hydrogens is 126 g/mol. The van der Waals surface area contributed by atoms with Crippen LogP contribution in [0.2, 0.25) is 0 Å². The predicted octanol–water partition coefficient (Wildman–Crippen LogP) is -0.843. The van der Waals surface area contributed by atoms with Crippen molar-refractivity contribution in [3.63, 3.8) is 0 Å². The van der Waals surface area contributed by atoms with Gasteiger partial charge in [0.25, 0.3) is 0 Å². The zero-order chi connectivity index (χ0) is 7.23. The van der Waals surface area contributed by atoms with Gasteiger partial charge in [0.15, 0.2) is 0 Å². The van der Waals surface area contributed by atoms with Crippen LogP contribution in [0.3, 0.4) is 0 Å². The van der Waals surface area contributed by atoms with Crippen LogP contribution in [0.15, 0.2) is 0 Å². The maximum Gasteiger partial charge on any atom is 0.0164 e. The Balaban J connectivity index is 2.15. The molecule has 1 aliphatic rings. The lowest BCUT2D eigenvalue weighted by Gasteiger charge is -2.11. The van der Waals surface area contributed by atoms with Crippen molar-refractivity contribution in [1.82, 2.24) is 16.0 Å². The molecule has 3 heteroatoms. The molecular formula is C7H17N3. The molecule has 0 aliphatic carbocycles. The number of hydrogen-bond donors (Lipinski definition) is 3. The maximum absolute atomic E-state index is 3.40. The lowest BCUT2D eigenvalue weighted by molar-refractivity contribution is 0.528. The van der Waals surface area contributed by atoms with Gasteiger partial charge in [0.05, 0.1) is 0 Å². The minimum atomic E-state index is 0.611. The standard InChI is InChI=1S/C7H17N3/c1-7-6-9-3-2-8-4-5-10-7/h7-10H,2-6H2,1H3. The summed E-state index contributed by atoms with van der Waals surface area (Å²) in [4.78, 5) is 0. The second-order valence-corrected chi connectivity index (χ2v) is 2.81. The van der Waals surface area contributed by atoms with Crippen LogP contribution in [0.1, 0.15) is 6.92 Å². The normalized spacial score (nSPS) is 30.3. The van der Waals surface area contributed by atoms with Crippen LogP contribution in [0.4, 0.5) is 0 Å². The van der Waals surface area contributed by atoms with E-state index < -0.39 is 0 Å². The summed E-state index contributed by atoms with van der Waals surface area (Å²) in [7, 11) is 0. The minimum Gasteiger partial charge on any atom is -0.314 e. The van der Waals surface area contributed by atoms with Crippen molar-refractivity contribution in [3.8, 4) is 0 Å². The Morgan fingerprint density at radius 3 is 2.60 bits per heavy atom. The van der Waals surface area contributed by atoms with Crippen LogP contribution < -0.4 is 16.0 Å². The Morgan fingerprint density at radius 1 is 1.00 bits per heavy atom. The van der Waals surface area contributed by atoms with Crippen molar-refractivity contribution < 1.29 is 0 Å². The molecule has 60 valence electrons. The van der Waals surface area contributed by atoms with Crippen LogP contribution in [0.25, 0.3) is 0 Å². The summed E-state index contributed by atoms with van der Waals surface area (Å²) in [5, 5.41) is 10.1. The van der Waals surface area contributed by atoms with Crippen molar-refractivity contribution in [2.75, 3.05) is 32.7 Å². The van der Waals surface area contributed by atoms with Crippen molar-refractivity contribution in [3.05, 3.63) is 0 Å². The molecule has 1 saturated heterocycles. The van der Waals surface area contributed by atoms with E-state index in [0.29, 0.717) is 6.04 Å². The molecule has 10 heavy (non-hydrogen) atoms. The molecule has 0 bridgehead atoms. The Bertz CT molecular complexity index is 74.9. The molecule has 3 nitrogen and oxygen atoms in total. The van der Waals surface area contributed by atoms with Gasteiger partial charge in [-0.15, -0.1) is 0 Å². The van der Waals surface area contributed by atoms with Crippen LogP contribution >= 0.6 is 0 Å². The van der Waals surface area contributed by atoms with E-state index in [-0.39, 0.29) is 0 Å². The lowest BCUT2D eigenvalue weighted by atomic mass is 10.3. The van der Waals surface area contributed by atoms with Gasteiger partial charge in [0.2, 0.25) is 0 Å². The van der Waals surface area contributed by atoms with Crippen molar-refractivity contribution in [2.24, 2.45) is 0 Å². The highest BCUT2D eigenvalue weighted by molar-refractivity contribution is 4.67. The van der Waals surface area contributed by atoms with E-state index in [0.717, 1.165) is 32.7 Å². The van der Waals surface area contributed by atoms with Gasteiger partial charge >= 0.3 is 0 Å². The molecule has 1 heterocycles. The first-order chi connectivity index (χ1) is 4.89. The van der Waals surface area contributed by atoms with Crippen molar-refractivity contribution in [2.45, 2.75) is 13.0 Å². The van der Waals surface area contributed by atoms with E-state index in [1.807, 2.05) is 0 Å². The number of nitrogens with one attached hydrogen (secondary N) is 3. The second kappa shape index (κ2) is 4.66. The fraction of sp³-hybridized carbons (Fsp3) is 1.00. The van der Waals surface area contributed by atoms with Gasteiger partial charge in [-0.05, 0) is 6.92 Å². The number of rotatable bonds is 0. The van der Waals surface area contributed by atoms with Crippen molar-refractivity contribution in [1.29, 1.82) is 0 Å². The summed E-state index contributed by atoms with van der Waals surface area (Å²) in [6.45, 7) is 7.65. The molecule has 0 aromatic rings. The van der Waals surface area contributed by atoms with E-state index >= 15 is 0 Å². The molecule has 3 N–H and O–H groups in total. The van der Waals surface area contributed by atoms with E-state index in [9.17, 15) is 0 Å². The monoisotopic (exact) mass is 143 g/mol. The average molecular weight is 143 g/mol. The third kappa shape index (κ3) is 3.15. The molecule has 0 amide bonds. The molecule has 0 aromatic carbocycles. The third-order valence-electron chi connectivity index (χ3n) is 1.72.